The van der Waals surface area contributed by atoms with Crippen LogP contribution in [0.3, 0.4) is 0 Å². The van der Waals surface area contributed by atoms with Gasteiger partial charge in [0.25, 0.3) is 5.91 Å². The number of amides is 2. The molecular formula is C24H31N3O5S. The molecule has 0 spiro atoms. The maximum Gasteiger partial charge on any atom is 0.289 e. The van der Waals surface area contributed by atoms with Gasteiger partial charge in [-0.05, 0) is 67.5 Å². The van der Waals surface area contributed by atoms with Gasteiger partial charge >= 0.3 is 0 Å². The summed E-state index contributed by atoms with van der Waals surface area (Å²) in [6.45, 7) is 6.11. The van der Waals surface area contributed by atoms with E-state index in [0.717, 1.165) is 12.8 Å². The van der Waals surface area contributed by atoms with Crippen LogP contribution in [0.1, 0.15) is 43.7 Å². The third-order valence-electron chi connectivity index (χ3n) is 6.41. The van der Waals surface area contributed by atoms with Gasteiger partial charge in [0.2, 0.25) is 15.9 Å². The lowest BCUT2D eigenvalue weighted by molar-refractivity contribution is -0.121. The van der Waals surface area contributed by atoms with E-state index in [1.54, 1.807) is 45.6 Å². The normalized spacial score (nSPS) is 24.4. The smallest absolute Gasteiger partial charge is 0.289 e. The molecule has 1 aromatic carbocycles. The largest absolute Gasteiger partial charge is 0.459 e. The highest BCUT2D eigenvalue weighted by molar-refractivity contribution is 7.89. The number of anilines is 1. The minimum absolute atomic E-state index is 0.179. The molecule has 3 atom stereocenters. The van der Waals surface area contributed by atoms with E-state index in [2.05, 4.69) is 19.2 Å². The van der Waals surface area contributed by atoms with Crippen molar-refractivity contribution in [3.05, 3.63) is 48.4 Å². The molecule has 178 valence electrons. The average Bonchev–Trinajstić information content (AvgIpc) is 3.33. The lowest BCUT2D eigenvalue weighted by Crippen LogP contribution is -2.43. The number of benzene rings is 1. The maximum atomic E-state index is 13.1. The van der Waals surface area contributed by atoms with Gasteiger partial charge in [0.05, 0.1) is 17.1 Å². The molecule has 0 saturated carbocycles. The molecule has 3 unspecified atom stereocenters. The maximum absolute atomic E-state index is 13.1. The van der Waals surface area contributed by atoms with Crippen molar-refractivity contribution < 1.29 is 22.4 Å². The van der Waals surface area contributed by atoms with E-state index in [-0.39, 0.29) is 28.4 Å². The quantitative estimate of drug-likeness (QED) is 0.717. The van der Waals surface area contributed by atoms with Gasteiger partial charge in [0.1, 0.15) is 0 Å². The van der Waals surface area contributed by atoms with Gasteiger partial charge in [0, 0.05) is 31.9 Å². The number of furan rings is 1. The number of carbonyl (C=O) groups is 2. The monoisotopic (exact) mass is 473 g/mol. The first-order valence-corrected chi connectivity index (χ1v) is 12.9. The molecule has 9 heteroatoms. The summed E-state index contributed by atoms with van der Waals surface area (Å²) in [6, 6.07) is 9.61. The summed E-state index contributed by atoms with van der Waals surface area (Å²) < 4.78 is 32.9. The van der Waals surface area contributed by atoms with E-state index in [1.165, 1.54) is 6.26 Å². The molecule has 33 heavy (non-hydrogen) atoms. The van der Waals surface area contributed by atoms with Crippen LogP contribution in [-0.4, -0.2) is 55.6 Å². The van der Waals surface area contributed by atoms with Gasteiger partial charge in [-0.15, -0.1) is 0 Å². The van der Waals surface area contributed by atoms with Crippen molar-refractivity contribution >= 4 is 27.5 Å². The zero-order valence-corrected chi connectivity index (χ0v) is 19.9. The predicted octanol–water partition coefficient (Wildman–Crippen LogP) is 3.44. The molecular weight excluding hydrogens is 442 g/mol. The van der Waals surface area contributed by atoms with Gasteiger partial charge in [0.15, 0.2) is 5.76 Å². The Balaban J connectivity index is 1.38. The van der Waals surface area contributed by atoms with Crippen LogP contribution >= 0.6 is 0 Å². The molecule has 2 fully saturated rings. The highest BCUT2D eigenvalue weighted by Gasteiger charge is 2.32. The highest BCUT2D eigenvalue weighted by atomic mass is 32.2. The van der Waals surface area contributed by atoms with Gasteiger partial charge in [-0.1, -0.05) is 13.8 Å². The second-order valence-electron chi connectivity index (χ2n) is 9.35. The number of nitrogens with one attached hydrogen (secondary N) is 1. The van der Waals surface area contributed by atoms with Gasteiger partial charge in [-0.3, -0.25) is 9.59 Å². The van der Waals surface area contributed by atoms with E-state index in [9.17, 15) is 18.0 Å². The topological polar surface area (TPSA) is 99.9 Å². The van der Waals surface area contributed by atoms with Crippen molar-refractivity contribution in [2.45, 2.75) is 38.0 Å². The van der Waals surface area contributed by atoms with E-state index in [0.29, 0.717) is 50.1 Å². The van der Waals surface area contributed by atoms with Crippen molar-refractivity contribution in [1.82, 2.24) is 9.21 Å². The molecule has 2 amide bonds. The summed E-state index contributed by atoms with van der Waals surface area (Å²) in [5.41, 5.74) is 0.536. The van der Waals surface area contributed by atoms with Crippen molar-refractivity contribution in [2.75, 3.05) is 31.5 Å². The zero-order valence-electron chi connectivity index (χ0n) is 19.1. The molecule has 8 nitrogen and oxygen atoms in total. The molecule has 2 aliphatic heterocycles. The average molecular weight is 474 g/mol. The Morgan fingerprint density at radius 3 is 2.36 bits per heavy atom. The second kappa shape index (κ2) is 9.69. The third kappa shape index (κ3) is 5.30. The number of hydrogen-bond acceptors (Lipinski definition) is 5. The molecule has 1 aromatic heterocycles. The third-order valence-corrected chi connectivity index (χ3v) is 8.25. The van der Waals surface area contributed by atoms with Crippen molar-refractivity contribution in [3.63, 3.8) is 0 Å². The highest BCUT2D eigenvalue weighted by Crippen LogP contribution is 2.27. The van der Waals surface area contributed by atoms with Gasteiger partial charge in [-0.2, -0.15) is 4.31 Å². The molecule has 0 radical (unpaired) electrons. The molecule has 2 aromatic rings. The lowest BCUT2D eigenvalue weighted by atomic mass is 9.94. The Kier molecular flexibility index (Phi) is 6.90. The SMILES string of the molecule is CC1CC(C)CN(S(=O)(=O)c2ccc(NC(=O)C3CCCN(C(=O)c4ccco4)C3)cc2)C1. The number of rotatable bonds is 5. The Bertz CT molecular complexity index is 1070. The number of piperidine rings is 2. The second-order valence-corrected chi connectivity index (χ2v) is 11.3. The molecule has 2 aliphatic rings. The lowest BCUT2D eigenvalue weighted by Gasteiger charge is -2.34. The first kappa shape index (κ1) is 23.5. The van der Waals surface area contributed by atoms with Crippen molar-refractivity contribution in [1.29, 1.82) is 0 Å². The molecule has 0 aliphatic carbocycles. The summed E-state index contributed by atoms with van der Waals surface area (Å²) in [6.07, 6.45) is 3.90. The molecule has 0 bridgehead atoms. The van der Waals surface area contributed by atoms with Crippen LogP contribution in [0.5, 0.6) is 0 Å². The van der Waals surface area contributed by atoms with Crippen LogP contribution in [0, 0.1) is 17.8 Å². The van der Waals surface area contributed by atoms with E-state index >= 15 is 0 Å². The van der Waals surface area contributed by atoms with Crippen molar-refractivity contribution in [2.24, 2.45) is 17.8 Å². The molecule has 4 rings (SSSR count). The molecule has 2 saturated heterocycles. The van der Waals surface area contributed by atoms with Crippen LogP contribution < -0.4 is 5.32 Å². The fraction of sp³-hybridized carbons (Fsp3) is 0.500. The number of sulfonamides is 1. The number of carbonyl (C=O) groups excluding carboxylic acids is 2. The van der Waals surface area contributed by atoms with Crippen LogP contribution in [0.4, 0.5) is 5.69 Å². The zero-order chi connectivity index (χ0) is 23.6. The van der Waals surface area contributed by atoms with Crippen LogP contribution in [-0.2, 0) is 14.8 Å². The van der Waals surface area contributed by atoms with E-state index in [4.69, 9.17) is 4.42 Å². The van der Waals surface area contributed by atoms with Crippen LogP contribution in [0.2, 0.25) is 0 Å². The minimum Gasteiger partial charge on any atom is -0.459 e. The van der Waals surface area contributed by atoms with E-state index < -0.39 is 10.0 Å². The standard InChI is InChI=1S/C24H31N3O5S/c1-17-13-18(2)15-27(14-17)33(30,31)21-9-7-20(8-10-21)25-23(28)19-5-3-11-26(16-19)24(29)22-6-4-12-32-22/h4,6-10,12,17-19H,3,5,11,13-16H2,1-2H3,(H,25,28). The number of hydrogen-bond donors (Lipinski definition) is 1. The summed E-state index contributed by atoms with van der Waals surface area (Å²) in [7, 11) is -3.56. The minimum atomic E-state index is -3.56. The summed E-state index contributed by atoms with van der Waals surface area (Å²) in [4.78, 5) is 27.2. The fourth-order valence-electron chi connectivity index (χ4n) is 4.84. The number of nitrogens with zero attached hydrogens (tertiary/aromatic N) is 2. The van der Waals surface area contributed by atoms with Crippen LogP contribution in [0.15, 0.2) is 52.0 Å². The van der Waals surface area contributed by atoms with E-state index in [1.807, 2.05) is 0 Å². The first-order chi connectivity index (χ1) is 15.7. The summed E-state index contributed by atoms with van der Waals surface area (Å²) in [5, 5.41) is 2.87. The molecule has 1 N–H and O–H groups in total. The van der Waals surface area contributed by atoms with Crippen LogP contribution in [0.25, 0.3) is 0 Å². The van der Waals surface area contributed by atoms with Gasteiger partial charge < -0.3 is 14.6 Å². The predicted molar refractivity (Wildman–Crippen MR) is 124 cm³/mol. The Morgan fingerprint density at radius 2 is 1.73 bits per heavy atom. The Morgan fingerprint density at radius 1 is 1.03 bits per heavy atom. The van der Waals surface area contributed by atoms with Crippen molar-refractivity contribution in [3.8, 4) is 0 Å². The first-order valence-electron chi connectivity index (χ1n) is 11.5. The summed E-state index contributed by atoms with van der Waals surface area (Å²) in [5.74, 6) is 0.200. The Hall–Kier alpha value is -2.65. The van der Waals surface area contributed by atoms with Gasteiger partial charge in [-0.25, -0.2) is 8.42 Å². The Labute approximate surface area is 195 Å². The number of likely N-dealkylation sites (tertiary alicyclic amines) is 1. The molecule has 3 heterocycles. The summed E-state index contributed by atoms with van der Waals surface area (Å²) >= 11 is 0. The fourth-order valence-corrected chi connectivity index (χ4v) is 6.52.